The van der Waals surface area contributed by atoms with Gasteiger partial charge in [0.25, 0.3) is 5.91 Å². The Morgan fingerprint density at radius 1 is 1.39 bits per heavy atom. The minimum Gasteiger partial charge on any atom is -0.479 e. The van der Waals surface area contributed by atoms with E-state index >= 15 is 0 Å². The third kappa shape index (κ3) is 2.59. The van der Waals surface area contributed by atoms with Crippen LogP contribution in [0.4, 0.5) is 10.7 Å². The minimum atomic E-state index is -0.520. The van der Waals surface area contributed by atoms with E-state index in [-0.39, 0.29) is 11.7 Å². The van der Waals surface area contributed by atoms with E-state index in [9.17, 15) is 9.59 Å². The zero-order chi connectivity index (χ0) is 16.7. The molecule has 1 aromatic carbocycles. The van der Waals surface area contributed by atoms with E-state index in [0.717, 1.165) is 11.3 Å². The molecule has 1 aliphatic rings. The Bertz CT molecular complexity index is 797. The van der Waals surface area contributed by atoms with Crippen LogP contribution in [0.25, 0.3) is 0 Å². The number of hydrogen-bond acceptors (Lipinski definition) is 5. The molecule has 0 aliphatic carbocycles. The van der Waals surface area contributed by atoms with E-state index in [0.29, 0.717) is 27.6 Å². The number of aryl methyl sites for hydroxylation is 1. The van der Waals surface area contributed by atoms with Gasteiger partial charge >= 0.3 is 0 Å². The van der Waals surface area contributed by atoms with Crippen LogP contribution >= 0.6 is 11.3 Å². The molecule has 2 N–H and O–H groups in total. The number of rotatable bonds is 3. The quantitative estimate of drug-likeness (QED) is 0.878. The number of carbonyl (C=O) groups is 2. The Balaban J connectivity index is 2.00. The first-order valence-corrected chi connectivity index (χ1v) is 8.25. The molecule has 120 valence electrons. The van der Waals surface area contributed by atoms with Crippen molar-refractivity contribution >= 4 is 33.7 Å². The lowest BCUT2D eigenvalue weighted by Crippen LogP contribution is -2.42. The molecule has 2 aromatic rings. The fourth-order valence-corrected chi connectivity index (χ4v) is 3.48. The molecule has 0 saturated carbocycles. The number of carbonyl (C=O) groups excluding carboxylic acids is 2. The maximum atomic E-state index is 12.7. The van der Waals surface area contributed by atoms with Crippen molar-refractivity contribution in [3.63, 3.8) is 0 Å². The second-order valence-corrected chi connectivity index (χ2v) is 6.68. The van der Waals surface area contributed by atoms with E-state index in [1.165, 1.54) is 16.2 Å². The molecule has 0 bridgehead atoms. The lowest BCUT2D eigenvalue weighted by Gasteiger charge is -2.30. The summed E-state index contributed by atoms with van der Waals surface area (Å²) in [7, 11) is 1.68. The van der Waals surface area contributed by atoms with Crippen LogP contribution < -0.4 is 15.4 Å². The molecule has 1 amide bonds. The van der Waals surface area contributed by atoms with Crippen molar-refractivity contribution in [2.45, 2.75) is 26.4 Å². The Kier molecular flexibility index (Phi) is 3.85. The Hall–Kier alpha value is -2.34. The fraction of sp³-hybridized carbons (Fsp3) is 0.294. The highest BCUT2D eigenvalue weighted by Gasteiger charge is 2.29. The lowest BCUT2D eigenvalue weighted by molar-refractivity contribution is -0.125. The van der Waals surface area contributed by atoms with Crippen LogP contribution in [0.3, 0.4) is 0 Å². The van der Waals surface area contributed by atoms with Gasteiger partial charge in [0.15, 0.2) is 11.9 Å². The Morgan fingerprint density at radius 2 is 2.13 bits per heavy atom. The van der Waals surface area contributed by atoms with Gasteiger partial charge in [-0.2, -0.15) is 0 Å². The summed E-state index contributed by atoms with van der Waals surface area (Å²) in [5.41, 5.74) is 7.58. The van der Waals surface area contributed by atoms with Crippen molar-refractivity contribution < 1.29 is 14.3 Å². The van der Waals surface area contributed by atoms with Gasteiger partial charge in [0.05, 0.1) is 16.3 Å². The molecule has 0 spiro atoms. The van der Waals surface area contributed by atoms with E-state index in [1.807, 2.05) is 13.0 Å². The number of ketones is 1. The zero-order valence-corrected chi connectivity index (χ0v) is 14.1. The van der Waals surface area contributed by atoms with E-state index in [2.05, 4.69) is 0 Å². The largest absolute Gasteiger partial charge is 0.479 e. The highest BCUT2D eigenvalue weighted by Crippen LogP contribution is 2.35. The van der Waals surface area contributed by atoms with Crippen LogP contribution in [0.15, 0.2) is 24.3 Å². The molecule has 2 heterocycles. The summed E-state index contributed by atoms with van der Waals surface area (Å²) in [4.78, 5) is 27.3. The molecular weight excluding hydrogens is 312 g/mol. The summed E-state index contributed by atoms with van der Waals surface area (Å²) in [6, 6.07) is 6.96. The third-order valence-corrected chi connectivity index (χ3v) is 5.08. The number of nitrogens with two attached hydrogens (primary N) is 1. The van der Waals surface area contributed by atoms with Crippen LogP contribution in [0.2, 0.25) is 0 Å². The van der Waals surface area contributed by atoms with Crippen LogP contribution in [-0.4, -0.2) is 24.8 Å². The Morgan fingerprint density at radius 3 is 2.78 bits per heavy atom. The molecule has 0 fully saturated rings. The summed E-state index contributed by atoms with van der Waals surface area (Å²) in [6.45, 7) is 3.73. The summed E-state index contributed by atoms with van der Waals surface area (Å²) >= 11 is 1.44. The zero-order valence-electron chi connectivity index (χ0n) is 13.3. The molecule has 1 atom stereocenters. The molecule has 1 unspecified atom stereocenters. The van der Waals surface area contributed by atoms with Gasteiger partial charge in [-0.1, -0.05) is 6.92 Å². The molecule has 3 rings (SSSR count). The number of hydrogen-bond donors (Lipinski definition) is 1. The minimum absolute atomic E-state index is 0.134. The highest BCUT2D eigenvalue weighted by atomic mass is 32.1. The second kappa shape index (κ2) is 5.70. The first kappa shape index (κ1) is 15.6. The number of thiophene rings is 1. The monoisotopic (exact) mass is 330 g/mol. The predicted octanol–water partition coefficient (Wildman–Crippen LogP) is 2.87. The number of likely N-dealkylation sites (N-methyl/N-ethyl adjacent to an activating group) is 1. The van der Waals surface area contributed by atoms with Crippen LogP contribution in [0, 0.1) is 0 Å². The van der Waals surface area contributed by atoms with Crippen LogP contribution in [0.5, 0.6) is 5.75 Å². The van der Waals surface area contributed by atoms with Crippen molar-refractivity contribution in [3.05, 3.63) is 40.3 Å². The molecule has 5 nitrogen and oxygen atoms in total. The standard InChI is InChI=1S/C17H18N2O3S/c1-4-11-8-12(16(18)23-11)15(20)10-5-6-14-13(7-10)19(3)17(21)9(2)22-14/h5-9H,4,18H2,1-3H3. The van der Waals surface area contributed by atoms with E-state index in [4.69, 9.17) is 10.5 Å². The maximum absolute atomic E-state index is 12.7. The molecule has 1 aliphatic heterocycles. The van der Waals surface area contributed by atoms with Gasteiger partial charge in [-0.15, -0.1) is 11.3 Å². The predicted molar refractivity (Wildman–Crippen MR) is 91.5 cm³/mol. The van der Waals surface area contributed by atoms with Gasteiger partial charge in [0.1, 0.15) is 5.75 Å². The number of anilines is 2. The maximum Gasteiger partial charge on any atom is 0.267 e. The topological polar surface area (TPSA) is 72.6 Å². The van der Waals surface area contributed by atoms with Gasteiger partial charge in [0, 0.05) is 17.5 Å². The molecular formula is C17H18N2O3S. The normalized spacial score (nSPS) is 16.9. The first-order valence-electron chi connectivity index (χ1n) is 7.43. The second-order valence-electron chi connectivity index (χ2n) is 5.51. The third-order valence-electron chi connectivity index (χ3n) is 3.97. The SMILES string of the molecule is CCc1cc(C(=O)c2ccc3c(c2)N(C)C(=O)C(C)O3)c(N)s1. The van der Waals surface area contributed by atoms with Crippen molar-refractivity contribution in [2.75, 3.05) is 17.7 Å². The van der Waals surface area contributed by atoms with Gasteiger partial charge in [0.2, 0.25) is 0 Å². The molecule has 0 radical (unpaired) electrons. The van der Waals surface area contributed by atoms with Crippen molar-refractivity contribution in [1.82, 2.24) is 0 Å². The van der Waals surface area contributed by atoms with Crippen molar-refractivity contribution in [1.29, 1.82) is 0 Å². The summed E-state index contributed by atoms with van der Waals surface area (Å²) in [6.07, 6.45) is 0.323. The molecule has 1 aromatic heterocycles. The first-order chi connectivity index (χ1) is 10.9. The summed E-state index contributed by atoms with van der Waals surface area (Å²) in [5.74, 6) is 0.329. The average molecular weight is 330 g/mol. The van der Waals surface area contributed by atoms with Gasteiger partial charge in [-0.05, 0) is 37.6 Å². The number of ether oxygens (including phenoxy) is 1. The number of amides is 1. The van der Waals surface area contributed by atoms with Crippen molar-refractivity contribution in [2.24, 2.45) is 0 Å². The number of fused-ring (bicyclic) bond motifs is 1. The van der Waals surface area contributed by atoms with E-state index in [1.54, 1.807) is 32.2 Å². The summed E-state index contributed by atoms with van der Waals surface area (Å²) < 4.78 is 5.58. The molecule has 0 saturated heterocycles. The van der Waals surface area contributed by atoms with Crippen LogP contribution in [-0.2, 0) is 11.2 Å². The Labute approximate surface area is 138 Å². The lowest BCUT2D eigenvalue weighted by atomic mass is 10.0. The smallest absolute Gasteiger partial charge is 0.267 e. The summed E-state index contributed by atoms with van der Waals surface area (Å²) in [5, 5.41) is 0.527. The highest BCUT2D eigenvalue weighted by molar-refractivity contribution is 7.16. The molecule has 6 heteroatoms. The number of benzene rings is 1. The van der Waals surface area contributed by atoms with E-state index < -0.39 is 6.10 Å². The van der Waals surface area contributed by atoms with Gasteiger partial charge < -0.3 is 15.4 Å². The average Bonchev–Trinajstić information content (AvgIpc) is 2.93. The number of nitrogen functional groups attached to an aromatic ring is 1. The van der Waals surface area contributed by atoms with Gasteiger partial charge in [-0.25, -0.2) is 0 Å². The molecule has 23 heavy (non-hydrogen) atoms. The number of nitrogens with zero attached hydrogens (tertiary/aromatic N) is 1. The van der Waals surface area contributed by atoms with Gasteiger partial charge in [-0.3, -0.25) is 9.59 Å². The van der Waals surface area contributed by atoms with Crippen molar-refractivity contribution in [3.8, 4) is 5.75 Å². The fourth-order valence-electron chi connectivity index (χ4n) is 2.62. The van der Waals surface area contributed by atoms with Crippen LogP contribution in [0.1, 0.15) is 34.6 Å².